The third-order valence-corrected chi connectivity index (χ3v) is 6.29. The van der Waals surface area contributed by atoms with Gasteiger partial charge in [0.1, 0.15) is 22.8 Å². The quantitative estimate of drug-likeness (QED) is 0.451. The van der Waals surface area contributed by atoms with Crippen LogP contribution in [0.1, 0.15) is 49.4 Å². The number of phenols is 1. The SMILES string of the molecule is CCCCCCOc1ccc(S(=O)(=O)CCCOc2ccc(C(=O)O)c(O)c2)cc1. The van der Waals surface area contributed by atoms with Crippen molar-refractivity contribution >= 4 is 15.8 Å². The molecule has 0 heterocycles. The molecule has 0 saturated heterocycles. The van der Waals surface area contributed by atoms with Crippen LogP contribution in [0.15, 0.2) is 47.4 Å². The summed E-state index contributed by atoms with van der Waals surface area (Å²) >= 11 is 0. The van der Waals surface area contributed by atoms with E-state index >= 15 is 0 Å². The zero-order valence-corrected chi connectivity index (χ0v) is 17.9. The minimum Gasteiger partial charge on any atom is -0.507 e. The first-order valence-electron chi connectivity index (χ1n) is 9.98. The van der Waals surface area contributed by atoms with Gasteiger partial charge in [-0.2, -0.15) is 0 Å². The lowest BCUT2D eigenvalue weighted by Gasteiger charge is -2.09. The molecule has 0 saturated carbocycles. The number of rotatable bonds is 13. The van der Waals surface area contributed by atoms with Crippen molar-refractivity contribution in [1.82, 2.24) is 0 Å². The van der Waals surface area contributed by atoms with Crippen molar-refractivity contribution in [3.63, 3.8) is 0 Å². The standard InChI is InChI=1S/C22H28O7S/c1-2-3-4-5-13-28-17-7-10-19(11-8-17)30(26,27)15-6-14-29-18-9-12-20(22(24)25)21(23)16-18/h7-12,16,23H,2-6,13-15H2,1H3,(H,24,25). The lowest BCUT2D eigenvalue weighted by molar-refractivity contribution is 0.0693. The molecule has 0 radical (unpaired) electrons. The normalized spacial score (nSPS) is 11.2. The fourth-order valence-electron chi connectivity index (χ4n) is 2.80. The van der Waals surface area contributed by atoms with Crippen LogP contribution in [0.25, 0.3) is 0 Å². The number of hydrogen-bond acceptors (Lipinski definition) is 6. The molecule has 0 bridgehead atoms. The second kappa shape index (κ2) is 11.4. The number of carbonyl (C=O) groups is 1. The van der Waals surface area contributed by atoms with Crippen molar-refractivity contribution in [2.24, 2.45) is 0 Å². The van der Waals surface area contributed by atoms with E-state index in [9.17, 15) is 18.3 Å². The summed E-state index contributed by atoms with van der Waals surface area (Å²) in [6, 6.07) is 10.3. The molecule has 0 aromatic heterocycles. The molecular weight excluding hydrogens is 408 g/mol. The Labute approximate surface area is 177 Å². The van der Waals surface area contributed by atoms with Gasteiger partial charge in [0.15, 0.2) is 9.84 Å². The number of hydrogen-bond donors (Lipinski definition) is 2. The van der Waals surface area contributed by atoms with Gasteiger partial charge < -0.3 is 19.7 Å². The van der Waals surface area contributed by atoms with E-state index in [4.69, 9.17) is 14.6 Å². The van der Waals surface area contributed by atoms with Crippen LogP contribution in [0.3, 0.4) is 0 Å². The molecule has 0 atom stereocenters. The second-order valence-corrected chi connectivity index (χ2v) is 8.99. The smallest absolute Gasteiger partial charge is 0.339 e. The first-order valence-corrected chi connectivity index (χ1v) is 11.6. The van der Waals surface area contributed by atoms with Crippen molar-refractivity contribution in [3.05, 3.63) is 48.0 Å². The van der Waals surface area contributed by atoms with Gasteiger partial charge in [0.05, 0.1) is 23.9 Å². The zero-order valence-electron chi connectivity index (χ0n) is 17.0. The molecule has 0 aliphatic heterocycles. The topological polar surface area (TPSA) is 110 Å². The number of aromatic hydroxyl groups is 1. The van der Waals surface area contributed by atoms with Crippen molar-refractivity contribution in [1.29, 1.82) is 0 Å². The predicted molar refractivity (Wildman–Crippen MR) is 113 cm³/mol. The summed E-state index contributed by atoms with van der Waals surface area (Å²) in [6.45, 7) is 2.88. The number of ether oxygens (including phenoxy) is 2. The zero-order chi connectivity index (χ0) is 22.0. The summed E-state index contributed by atoms with van der Waals surface area (Å²) < 4.78 is 36.0. The first kappa shape index (κ1) is 23.5. The van der Waals surface area contributed by atoms with E-state index in [-0.39, 0.29) is 35.0 Å². The maximum atomic E-state index is 12.5. The van der Waals surface area contributed by atoms with E-state index in [0.717, 1.165) is 19.3 Å². The van der Waals surface area contributed by atoms with Crippen LogP contribution in [0.4, 0.5) is 0 Å². The summed E-state index contributed by atoms with van der Waals surface area (Å²) in [7, 11) is -3.45. The highest BCUT2D eigenvalue weighted by Gasteiger charge is 2.15. The van der Waals surface area contributed by atoms with Gasteiger partial charge in [-0.1, -0.05) is 26.2 Å². The monoisotopic (exact) mass is 436 g/mol. The Hall–Kier alpha value is -2.74. The average molecular weight is 437 g/mol. The van der Waals surface area contributed by atoms with E-state index in [1.807, 2.05) is 0 Å². The highest BCUT2D eigenvalue weighted by atomic mass is 32.2. The van der Waals surface area contributed by atoms with Gasteiger partial charge >= 0.3 is 5.97 Å². The van der Waals surface area contributed by atoms with Gasteiger partial charge in [-0.25, -0.2) is 13.2 Å². The van der Waals surface area contributed by atoms with E-state index in [1.165, 1.54) is 24.6 Å². The van der Waals surface area contributed by atoms with Gasteiger partial charge in [0.25, 0.3) is 0 Å². The van der Waals surface area contributed by atoms with Crippen LogP contribution in [-0.4, -0.2) is 43.6 Å². The maximum absolute atomic E-state index is 12.5. The fourth-order valence-corrected chi connectivity index (χ4v) is 4.09. The third-order valence-electron chi connectivity index (χ3n) is 4.48. The number of aromatic carboxylic acids is 1. The van der Waals surface area contributed by atoms with Crippen LogP contribution < -0.4 is 9.47 Å². The summed E-state index contributed by atoms with van der Waals surface area (Å²) in [5.74, 6) is -0.810. The van der Waals surface area contributed by atoms with Gasteiger partial charge in [0.2, 0.25) is 0 Å². The first-order chi connectivity index (χ1) is 14.3. The van der Waals surface area contributed by atoms with Crippen molar-refractivity contribution in [2.45, 2.75) is 43.9 Å². The van der Waals surface area contributed by atoms with Crippen molar-refractivity contribution in [2.75, 3.05) is 19.0 Å². The molecule has 0 unspecified atom stereocenters. The summed E-state index contributed by atoms with van der Waals surface area (Å²) in [4.78, 5) is 11.1. The molecule has 0 aliphatic carbocycles. The molecule has 164 valence electrons. The molecule has 0 fully saturated rings. The Morgan fingerprint density at radius 1 is 0.900 bits per heavy atom. The molecule has 0 spiro atoms. The molecular formula is C22H28O7S. The molecule has 2 N–H and O–H groups in total. The van der Waals surface area contributed by atoms with E-state index in [2.05, 4.69) is 6.92 Å². The van der Waals surface area contributed by atoms with Gasteiger partial charge in [-0.3, -0.25) is 0 Å². The maximum Gasteiger partial charge on any atom is 0.339 e. The molecule has 7 nitrogen and oxygen atoms in total. The number of unbranched alkanes of at least 4 members (excludes halogenated alkanes) is 3. The minimum atomic E-state index is -3.45. The molecule has 8 heteroatoms. The average Bonchev–Trinajstić information content (AvgIpc) is 2.71. The highest BCUT2D eigenvalue weighted by molar-refractivity contribution is 7.91. The lowest BCUT2D eigenvalue weighted by atomic mass is 10.2. The molecule has 2 aromatic carbocycles. The van der Waals surface area contributed by atoms with Gasteiger partial charge in [0, 0.05) is 6.07 Å². The molecule has 30 heavy (non-hydrogen) atoms. The number of benzene rings is 2. The van der Waals surface area contributed by atoms with E-state index in [1.54, 1.807) is 24.3 Å². The fraction of sp³-hybridized carbons (Fsp3) is 0.409. The van der Waals surface area contributed by atoms with Gasteiger partial charge in [-0.05, 0) is 49.2 Å². The number of sulfone groups is 1. The molecule has 2 rings (SSSR count). The van der Waals surface area contributed by atoms with Crippen LogP contribution >= 0.6 is 0 Å². The predicted octanol–water partition coefficient (Wildman–Crippen LogP) is 4.29. The Bertz CT molecular complexity index is 921. The van der Waals surface area contributed by atoms with Gasteiger partial charge in [-0.15, -0.1) is 0 Å². The second-order valence-electron chi connectivity index (χ2n) is 6.89. The Morgan fingerprint density at radius 2 is 1.53 bits per heavy atom. The summed E-state index contributed by atoms with van der Waals surface area (Å²) in [5.41, 5.74) is -0.224. The number of carboxylic acids is 1. The summed E-state index contributed by atoms with van der Waals surface area (Å²) in [5, 5.41) is 18.5. The minimum absolute atomic E-state index is 0.0938. The Balaban J connectivity index is 1.79. The lowest BCUT2D eigenvalue weighted by Crippen LogP contribution is -2.10. The highest BCUT2D eigenvalue weighted by Crippen LogP contribution is 2.24. The Kier molecular flexibility index (Phi) is 8.98. The number of carboxylic acid groups (broad SMARTS) is 1. The van der Waals surface area contributed by atoms with E-state index < -0.39 is 21.6 Å². The molecule has 0 amide bonds. The summed E-state index contributed by atoms with van der Waals surface area (Å²) in [6.07, 6.45) is 4.69. The Morgan fingerprint density at radius 3 is 2.17 bits per heavy atom. The largest absolute Gasteiger partial charge is 0.507 e. The van der Waals surface area contributed by atoms with Crippen LogP contribution in [-0.2, 0) is 9.84 Å². The van der Waals surface area contributed by atoms with Crippen LogP contribution in [0.2, 0.25) is 0 Å². The molecule has 2 aromatic rings. The third kappa shape index (κ3) is 7.26. The van der Waals surface area contributed by atoms with Crippen molar-refractivity contribution in [3.8, 4) is 17.2 Å². The van der Waals surface area contributed by atoms with E-state index in [0.29, 0.717) is 12.4 Å². The van der Waals surface area contributed by atoms with Crippen molar-refractivity contribution < 1.29 is 32.9 Å². The molecule has 0 aliphatic rings. The van der Waals surface area contributed by atoms with Crippen LogP contribution in [0, 0.1) is 0 Å². The van der Waals surface area contributed by atoms with Crippen LogP contribution in [0.5, 0.6) is 17.2 Å².